The van der Waals surface area contributed by atoms with E-state index >= 15 is 0 Å². The topological polar surface area (TPSA) is 32.3 Å². The van der Waals surface area contributed by atoms with Gasteiger partial charge in [-0.3, -0.25) is 9.69 Å². The highest BCUT2D eigenvalue weighted by atomic mass is 79.9. The molecule has 0 bridgehead atoms. The third kappa shape index (κ3) is 5.43. The van der Waals surface area contributed by atoms with E-state index in [0.29, 0.717) is 0 Å². The van der Waals surface area contributed by atoms with Crippen LogP contribution in [0.15, 0.2) is 46.9 Å². The maximum Gasteiger partial charge on any atom is 0.223 e. The van der Waals surface area contributed by atoms with E-state index in [4.69, 9.17) is 0 Å². The molecule has 1 aliphatic rings. The van der Waals surface area contributed by atoms with Crippen LogP contribution in [0.3, 0.4) is 0 Å². The van der Waals surface area contributed by atoms with Crippen molar-refractivity contribution in [2.24, 2.45) is 5.92 Å². The molecule has 1 fully saturated rings. The molecule has 4 heteroatoms. The molecule has 27 heavy (non-hydrogen) atoms. The van der Waals surface area contributed by atoms with E-state index < -0.39 is 0 Å². The van der Waals surface area contributed by atoms with Crippen LogP contribution in [0.5, 0.6) is 0 Å². The van der Waals surface area contributed by atoms with Crippen molar-refractivity contribution in [1.29, 1.82) is 0 Å². The molecule has 2 aromatic rings. The van der Waals surface area contributed by atoms with Crippen molar-refractivity contribution in [3.8, 4) is 0 Å². The van der Waals surface area contributed by atoms with Gasteiger partial charge in [0.2, 0.25) is 5.91 Å². The fraction of sp³-hybridized carbons (Fsp3) is 0.435. The fourth-order valence-corrected chi connectivity index (χ4v) is 4.10. The SMILES string of the molecule is Cc1ccc(C)c(C(C)NC(=O)C2CCN(Cc3ccc(Br)cc3)CC2)c1. The first-order valence-electron chi connectivity index (χ1n) is 9.76. The lowest BCUT2D eigenvalue weighted by Crippen LogP contribution is -2.41. The van der Waals surface area contributed by atoms with Crippen LogP contribution in [0.1, 0.15) is 48.1 Å². The highest BCUT2D eigenvalue weighted by Gasteiger charge is 2.26. The Morgan fingerprint density at radius 2 is 1.81 bits per heavy atom. The van der Waals surface area contributed by atoms with E-state index in [-0.39, 0.29) is 17.9 Å². The monoisotopic (exact) mass is 428 g/mol. The van der Waals surface area contributed by atoms with E-state index in [1.165, 1.54) is 22.3 Å². The normalized spacial score (nSPS) is 16.9. The number of carbonyl (C=O) groups is 1. The van der Waals surface area contributed by atoms with Gasteiger partial charge in [-0.1, -0.05) is 51.8 Å². The molecule has 0 radical (unpaired) electrons. The Balaban J connectivity index is 1.50. The van der Waals surface area contributed by atoms with Crippen LogP contribution in [-0.2, 0) is 11.3 Å². The number of hydrogen-bond acceptors (Lipinski definition) is 2. The van der Waals surface area contributed by atoms with Gasteiger partial charge in [-0.05, 0) is 75.5 Å². The first kappa shape index (κ1) is 20.1. The van der Waals surface area contributed by atoms with Crippen LogP contribution in [0.2, 0.25) is 0 Å². The van der Waals surface area contributed by atoms with Crippen LogP contribution >= 0.6 is 15.9 Å². The van der Waals surface area contributed by atoms with Crippen molar-refractivity contribution in [1.82, 2.24) is 10.2 Å². The van der Waals surface area contributed by atoms with Crippen molar-refractivity contribution in [2.45, 2.75) is 46.2 Å². The molecule has 0 spiro atoms. The molecular weight excluding hydrogens is 400 g/mol. The molecule has 3 nitrogen and oxygen atoms in total. The number of carbonyl (C=O) groups excluding carboxylic acids is 1. The largest absolute Gasteiger partial charge is 0.349 e. The van der Waals surface area contributed by atoms with E-state index in [0.717, 1.165) is 36.9 Å². The Morgan fingerprint density at radius 1 is 1.15 bits per heavy atom. The van der Waals surface area contributed by atoms with Crippen LogP contribution in [0, 0.1) is 19.8 Å². The van der Waals surface area contributed by atoms with Gasteiger partial charge >= 0.3 is 0 Å². The second-order valence-corrected chi connectivity index (χ2v) is 8.68. The van der Waals surface area contributed by atoms with E-state index in [2.05, 4.69) is 89.4 Å². The van der Waals surface area contributed by atoms with Gasteiger partial charge in [0.15, 0.2) is 0 Å². The summed E-state index contributed by atoms with van der Waals surface area (Å²) in [5.74, 6) is 0.324. The summed E-state index contributed by atoms with van der Waals surface area (Å²) in [6, 6.07) is 15.0. The first-order chi connectivity index (χ1) is 12.9. The summed E-state index contributed by atoms with van der Waals surface area (Å²) >= 11 is 3.48. The van der Waals surface area contributed by atoms with E-state index in [1.54, 1.807) is 0 Å². The second-order valence-electron chi connectivity index (χ2n) is 7.77. The number of aryl methyl sites for hydroxylation is 2. The summed E-state index contributed by atoms with van der Waals surface area (Å²) in [6.07, 6.45) is 1.86. The predicted molar refractivity (Wildman–Crippen MR) is 115 cm³/mol. The van der Waals surface area contributed by atoms with Crippen molar-refractivity contribution in [3.05, 3.63) is 69.2 Å². The average Bonchev–Trinajstić information content (AvgIpc) is 2.66. The molecule has 2 aromatic carbocycles. The molecule has 1 atom stereocenters. The lowest BCUT2D eigenvalue weighted by molar-refractivity contribution is -0.127. The van der Waals surface area contributed by atoms with Crippen LogP contribution in [0.25, 0.3) is 0 Å². The van der Waals surface area contributed by atoms with Gasteiger partial charge < -0.3 is 5.32 Å². The van der Waals surface area contributed by atoms with Gasteiger partial charge in [-0.15, -0.1) is 0 Å². The van der Waals surface area contributed by atoms with Crippen molar-refractivity contribution >= 4 is 21.8 Å². The van der Waals surface area contributed by atoms with Gasteiger partial charge in [0.1, 0.15) is 0 Å². The Kier molecular flexibility index (Phi) is 6.72. The van der Waals surface area contributed by atoms with Crippen LogP contribution < -0.4 is 5.32 Å². The second kappa shape index (κ2) is 9.03. The molecule has 1 heterocycles. The summed E-state index contributed by atoms with van der Waals surface area (Å²) < 4.78 is 1.11. The number of halogens is 1. The van der Waals surface area contributed by atoms with Gasteiger partial charge in [0.05, 0.1) is 6.04 Å². The molecular formula is C23H29BrN2O. The minimum Gasteiger partial charge on any atom is -0.349 e. The Morgan fingerprint density at radius 3 is 2.48 bits per heavy atom. The fourth-order valence-electron chi connectivity index (χ4n) is 3.84. The molecule has 1 amide bonds. The van der Waals surface area contributed by atoms with E-state index in [9.17, 15) is 4.79 Å². The lowest BCUT2D eigenvalue weighted by atomic mass is 9.94. The lowest BCUT2D eigenvalue weighted by Gasteiger charge is -2.32. The molecule has 3 rings (SSSR count). The standard InChI is InChI=1S/C23H29BrN2O/c1-16-4-5-17(2)22(14-16)18(3)25-23(27)20-10-12-26(13-11-20)15-19-6-8-21(24)9-7-19/h4-9,14,18,20H,10-13,15H2,1-3H3,(H,25,27). The molecule has 1 unspecified atom stereocenters. The minimum atomic E-state index is 0.0539. The van der Waals surface area contributed by atoms with Crippen LogP contribution in [0.4, 0.5) is 0 Å². The number of likely N-dealkylation sites (tertiary alicyclic amines) is 1. The van der Waals surface area contributed by atoms with E-state index in [1.807, 2.05) is 0 Å². The van der Waals surface area contributed by atoms with Crippen LogP contribution in [-0.4, -0.2) is 23.9 Å². The molecule has 144 valence electrons. The Bertz CT molecular complexity index is 779. The number of nitrogens with one attached hydrogen (secondary N) is 1. The van der Waals surface area contributed by atoms with Gasteiger partial charge in [-0.2, -0.15) is 0 Å². The molecule has 0 aliphatic carbocycles. The summed E-state index contributed by atoms with van der Waals surface area (Å²) in [7, 11) is 0. The number of rotatable bonds is 5. The first-order valence-corrected chi connectivity index (χ1v) is 10.6. The molecule has 0 aromatic heterocycles. The van der Waals surface area contributed by atoms with Crippen molar-refractivity contribution in [3.63, 3.8) is 0 Å². The number of benzene rings is 2. The quantitative estimate of drug-likeness (QED) is 0.713. The summed E-state index contributed by atoms with van der Waals surface area (Å²) in [5.41, 5.74) is 5.01. The molecule has 1 N–H and O–H groups in total. The number of piperidine rings is 1. The maximum atomic E-state index is 12.7. The van der Waals surface area contributed by atoms with Gasteiger partial charge in [0.25, 0.3) is 0 Å². The summed E-state index contributed by atoms with van der Waals surface area (Å²) in [5, 5.41) is 3.24. The number of hydrogen-bond donors (Lipinski definition) is 1. The summed E-state index contributed by atoms with van der Waals surface area (Å²) in [6.45, 7) is 9.21. The Hall–Kier alpha value is -1.65. The number of nitrogens with zero attached hydrogens (tertiary/aromatic N) is 1. The smallest absolute Gasteiger partial charge is 0.223 e. The zero-order valence-electron chi connectivity index (χ0n) is 16.5. The third-order valence-corrected chi connectivity index (χ3v) is 6.07. The van der Waals surface area contributed by atoms with Crippen molar-refractivity contribution in [2.75, 3.05) is 13.1 Å². The third-order valence-electron chi connectivity index (χ3n) is 5.54. The zero-order valence-corrected chi connectivity index (χ0v) is 18.1. The zero-order chi connectivity index (χ0) is 19.4. The van der Waals surface area contributed by atoms with Gasteiger partial charge in [-0.25, -0.2) is 0 Å². The molecule has 1 aliphatic heterocycles. The predicted octanol–water partition coefficient (Wildman–Crippen LogP) is 5.16. The number of amides is 1. The molecule has 0 saturated carbocycles. The van der Waals surface area contributed by atoms with Crippen molar-refractivity contribution < 1.29 is 4.79 Å². The molecule has 1 saturated heterocycles. The highest BCUT2D eigenvalue weighted by molar-refractivity contribution is 9.10. The highest BCUT2D eigenvalue weighted by Crippen LogP contribution is 2.23. The average molecular weight is 429 g/mol. The minimum absolute atomic E-state index is 0.0539. The maximum absolute atomic E-state index is 12.7. The summed E-state index contributed by atoms with van der Waals surface area (Å²) in [4.78, 5) is 15.2. The van der Waals surface area contributed by atoms with Gasteiger partial charge in [0, 0.05) is 16.9 Å². The Labute approximate surface area is 171 Å².